The quantitative estimate of drug-likeness (QED) is 0.108. The molecule has 0 unspecified atom stereocenters. The molecule has 1 aromatic carbocycles. The molecule has 0 aliphatic rings. The van der Waals surface area contributed by atoms with Crippen LogP contribution in [0.25, 0.3) is 0 Å². The first-order chi connectivity index (χ1) is 15.1. The van der Waals surface area contributed by atoms with Crippen molar-refractivity contribution in [2.75, 3.05) is 0 Å². The normalized spacial score (nSPS) is 11.1. The smallest absolute Gasteiger partial charge is 0.270 e. The van der Waals surface area contributed by atoms with E-state index in [0.717, 1.165) is 12.8 Å². The molecule has 0 aliphatic heterocycles. The van der Waals surface area contributed by atoms with E-state index >= 15 is 0 Å². The maximum Gasteiger partial charge on any atom is 0.270 e. The standard InChI is InChI=1S/C25H41N3O3/c1-2-3-4-5-6-7-8-9-10-11-12-13-14-15-16-20-25(29)27-26-22-23-18-17-19-24(21-23)28(30)31/h17-19,21-22H,2-16,20H2,1H3,(H,27,29)/b26-22+. The molecule has 1 rings (SSSR count). The van der Waals surface area contributed by atoms with E-state index in [1.54, 1.807) is 12.1 Å². The van der Waals surface area contributed by atoms with Crippen molar-refractivity contribution in [1.29, 1.82) is 0 Å². The van der Waals surface area contributed by atoms with Gasteiger partial charge in [0.15, 0.2) is 0 Å². The van der Waals surface area contributed by atoms with E-state index in [2.05, 4.69) is 17.5 Å². The second kappa shape index (κ2) is 18.5. The number of hydrazone groups is 1. The van der Waals surface area contributed by atoms with Crippen molar-refractivity contribution < 1.29 is 9.72 Å². The molecule has 0 saturated carbocycles. The highest BCUT2D eigenvalue weighted by Gasteiger charge is 2.04. The van der Waals surface area contributed by atoms with E-state index in [0.29, 0.717) is 12.0 Å². The summed E-state index contributed by atoms with van der Waals surface area (Å²) >= 11 is 0. The van der Waals surface area contributed by atoms with Gasteiger partial charge in [0.2, 0.25) is 5.91 Å². The summed E-state index contributed by atoms with van der Waals surface area (Å²) in [6.45, 7) is 2.26. The van der Waals surface area contributed by atoms with Crippen molar-refractivity contribution in [3.63, 3.8) is 0 Å². The summed E-state index contributed by atoms with van der Waals surface area (Å²) in [5.74, 6) is -0.114. The van der Waals surface area contributed by atoms with Crippen LogP contribution in [0.5, 0.6) is 0 Å². The van der Waals surface area contributed by atoms with Crippen LogP contribution in [0.15, 0.2) is 29.4 Å². The fraction of sp³-hybridized carbons (Fsp3) is 0.680. The number of benzene rings is 1. The van der Waals surface area contributed by atoms with Crippen molar-refractivity contribution in [1.82, 2.24) is 5.43 Å². The Hall–Kier alpha value is -2.24. The highest BCUT2D eigenvalue weighted by Crippen LogP contribution is 2.14. The zero-order valence-corrected chi connectivity index (χ0v) is 19.3. The Morgan fingerprint density at radius 3 is 1.94 bits per heavy atom. The van der Waals surface area contributed by atoms with Crippen LogP contribution in [0.2, 0.25) is 0 Å². The minimum atomic E-state index is -0.452. The second-order valence-electron chi connectivity index (χ2n) is 8.35. The number of nitrogens with zero attached hydrogens (tertiary/aromatic N) is 2. The molecule has 0 aliphatic carbocycles. The summed E-state index contributed by atoms with van der Waals surface area (Å²) < 4.78 is 0. The van der Waals surface area contributed by atoms with Gasteiger partial charge in [-0.25, -0.2) is 5.43 Å². The fourth-order valence-corrected chi connectivity index (χ4v) is 3.61. The average molecular weight is 432 g/mol. The van der Waals surface area contributed by atoms with Crippen LogP contribution >= 0.6 is 0 Å². The summed E-state index contributed by atoms with van der Waals surface area (Å²) in [4.78, 5) is 22.1. The van der Waals surface area contributed by atoms with Crippen LogP contribution in [-0.4, -0.2) is 17.0 Å². The lowest BCUT2D eigenvalue weighted by molar-refractivity contribution is -0.384. The van der Waals surface area contributed by atoms with Gasteiger partial charge < -0.3 is 0 Å². The van der Waals surface area contributed by atoms with Crippen LogP contribution in [-0.2, 0) is 4.79 Å². The van der Waals surface area contributed by atoms with Gasteiger partial charge in [0, 0.05) is 24.1 Å². The van der Waals surface area contributed by atoms with Gasteiger partial charge in [-0.3, -0.25) is 14.9 Å². The summed E-state index contributed by atoms with van der Waals surface area (Å²) in [7, 11) is 0. The SMILES string of the molecule is CCCCCCCCCCCCCCCCCC(=O)N/N=C/c1cccc([N+](=O)[O-])c1. The molecule has 0 fully saturated rings. The molecule has 6 heteroatoms. The monoisotopic (exact) mass is 431 g/mol. The lowest BCUT2D eigenvalue weighted by Crippen LogP contribution is -2.16. The van der Waals surface area contributed by atoms with Gasteiger partial charge in [-0.15, -0.1) is 0 Å². The number of nitro benzene ring substituents is 1. The van der Waals surface area contributed by atoms with Crippen molar-refractivity contribution in [2.45, 2.75) is 110 Å². The highest BCUT2D eigenvalue weighted by atomic mass is 16.6. The maximum absolute atomic E-state index is 11.8. The molecule has 1 amide bonds. The Kier molecular flexibility index (Phi) is 16.0. The minimum Gasteiger partial charge on any atom is -0.273 e. The number of hydrogen-bond acceptors (Lipinski definition) is 4. The van der Waals surface area contributed by atoms with E-state index in [4.69, 9.17) is 0 Å². The summed E-state index contributed by atoms with van der Waals surface area (Å²) in [5, 5.41) is 14.6. The van der Waals surface area contributed by atoms with E-state index in [-0.39, 0.29) is 11.6 Å². The van der Waals surface area contributed by atoms with Crippen LogP contribution < -0.4 is 5.43 Å². The number of unbranched alkanes of at least 4 members (excludes halogenated alkanes) is 14. The predicted octanol–water partition coefficient (Wildman–Crippen LogP) is 7.31. The Balaban J connectivity index is 1.91. The van der Waals surface area contributed by atoms with Gasteiger partial charge in [-0.05, 0) is 6.42 Å². The predicted molar refractivity (Wildman–Crippen MR) is 128 cm³/mol. The number of hydrogen-bond donors (Lipinski definition) is 1. The van der Waals surface area contributed by atoms with Gasteiger partial charge in [0.1, 0.15) is 0 Å². The second-order valence-corrected chi connectivity index (χ2v) is 8.35. The average Bonchev–Trinajstić information content (AvgIpc) is 2.76. The molecule has 31 heavy (non-hydrogen) atoms. The third-order valence-electron chi connectivity index (χ3n) is 5.49. The molecular formula is C25H41N3O3. The maximum atomic E-state index is 11.8. The molecule has 1 aromatic rings. The molecule has 0 heterocycles. The molecule has 0 aromatic heterocycles. The zero-order chi connectivity index (χ0) is 22.6. The van der Waals surface area contributed by atoms with E-state index in [1.165, 1.54) is 102 Å². The third-order valence-corrected chi connectivity index (χ3v) is 5.49. The van der Waals surface area contributed by atoms with Crippen molar-refractivity contribution in [2.24, 2.45) is 5.10 Å². The van der Waals surface area contributed by atoms with Crippen LogP contribution in [0.3, 0.4) is 0 Å². The molecule has 0 saturated heterocycles. The van der Waals surface area contributed by atoms with E-state index in [1.807, 2.05) is 0 Å². The van der Waals surface area contributed by atoms with Crippen LogP contribution in [0, 0.1) is 10.1 Å². The number of amides is 1. The van der Waals surface area contributed by atoms with Crippen LogP contribution in [0.1, 0.15) is 115 Å². The van der Waals surface area contributed by atoms with E-state index < -0.39 is 4.92 Å². The number of nitrogens with one attached hydrogen (secondary N) is 1. The summed E-state index contributed by atoms with van der Waals surface area (Å²) in [6.07, 6.45) is 21.4. The van der Waals surface area contributed by atoms with Crippen molar-refractivity contribution in [3.8, 4) is 0 Å². The Bertz CT molecular complexity index is 647. The Morgan fingerprint density at radius 2 is 1.42 bits per heavy atom. The van der Waals surface area contributed by atoms with Crippen molar-refractivity contribution >= 4 is 17.8 Å². The first-order valence-corrected chi connectivity index (χ1v) is 12.2. The minimum absolute atomic E-state index is 0.00748. The fourth-order valence-electron chi connectivity index (χ4n) is 3.61. The molecule has 0 atom stereocenters. The molecule has 174 valence electrons. The molecule has 0 bridgehead atoms. The lowest BCUT2D eigenvalue weighted by atomic mass is 10.0. The number of rotatable bonds is 19. The largest absolute Gasteiger partial charge is 0.273 e. The summed E-state index contributed by atoms with van der Waals surface area (Å²) in [5.41, 5.74) is 3.08. The lowest BCUT2D eigenvalue weighted by Gasteiger charge is -2.03. The number of nitro groups is 1. The topological polar surface area (TPSA) is 84.6 Å². The zero-order valence-electron chi connectivity index (χ0n) is 19.3. The van der Waals surface area contributed by atoms with Gasteiger partial charge in [0.25, 0.3) is 5.69 Å². The summed E-state index contributed by atoms with van der Waals surface area (Å²) in [6, 6.07) is 6.14. The van der Waals surface area contributed by atoms with Crippen LogP contribution in [0.4, 0.5) is 5.69 Å². The molecule has 0 radical (unpaired) electrons. The van der Waals surface area contributed by atoms with Gasteiger partial charge in [0.05, 0.1) is 11.1 Å². The molecule has 1 N–H and O–H groups in total. The number of carbonyl (C=O) groups is 1. The first kappa shape index (κ1) is 26.8. The first-order valence-electron chi connectivity index (χ1n) is 12.2. The van der Waals surface area contributed by atoms with Gasteiger partial charge in [-0.2, -0.15) is 5.10 Å². The Morgan fingerprint density at radius 1 is 0.903 bits per heavy atom. The van der Waals surface area contributed by atoms with Gasteiger partial charge in [-0.1, -0.05) is 109 Å². The molecular weight excluding hydrogens is 390 g/mol. The molecule has 0 spiro atoms. The molecule has 6 nitrogen and oxygen atoms in total. The highest BCUT2D eigenvalue weighted by molar-refractivity contribution is 5.83. The third kappa shape index (κ3) is 15.2. The van der Waals surface area contributed by atoms with Gasteiger partial charge >= 0.3 is 0 Å². The van der Waals surface area contributed by atoms with Crippen molar-refractivity contribution in [3.05, 3.63) is 39.9 Å². The number of non-ortho nitro benzene ring substituents is 1. The number of carbonyl (C=O) groups excluding carboxylic acids is 1. The Labute approximate surface area is 188 Å². The van der Waals surface area contributed by atoms with E-state index in [9.17, 15) is 14.9 Å².